The van der Waals surface area contributed by atoms with Gasteiger partial charge in [0.2, 0.25) is 11.8 Å². The van der Waals surface area contributed by atoms with E-state index >= 15 is 0 Å². The van der Waals surface area contributed by atoms with Crippen LogP contribution in [0.25, 0.3) is 0 Å². The van der Waals surface area contributed by atoms with E-state index in [1.807, 2.05) is 0 Å². The summed E-state index contributed by atoms with van der Waals surface area (Å²) in [6, 6.07) is 6.66. The first-order valence-corrected chi connectivity index (χ1v) is 11.4. The number of nitrogens with zero attached hydrogens (tertiary/aromatic N) is 1. The monoisotopic (exact) mass is 512 g/mol. The summed E-state index contributed by atoms with van der Waals surface area (Å²) in [7, 11) is 0. The van der Waals surface area contributed by atoms with Gasteiger partial charge < -0.3 is 10.1 Å². The molecule has 1 aromatic rings. The minimum absolute atomic E-state index is 0.0860. The number of imide groups is 1. The Kier molecular flexibility index (Phi) is 5.90. The van der Waals surface area contributed by atoms with Crippen LogP contribution in [0.1, 0.15) is 36.0 Å². The van der Waals surface area contributed by atoms with Crippen molar-refractivity contribution in [2.75, 3.05) is 18.1 Å². The number of benzene rings is 1. The molecule has 0 radical (unpaired) electrons. The molecule has 0 bridgehead atoms. The highest BCUT2D eigenvalue weighted by Crippen LogP contribution is 2.44. The number of ether oxygens (including phenoxy) is 1. The molecular formula is C20H22Br2N2O4. The lowest BCUT2D eigenvalue weighted by atomic mass is 9.81. The second-order valence-corrected chi connectivity index (χ2v) is 9.97. The maximum atomic E-state index is 12.8. The van der Waals surface area contributed by atoms with Crippen LogP contribution in [0.5, 0.6) is 0 Å². The zero-order chi connectivity index (χ0) is 19.8. The topological polar surface area (TPSA) is 75.7 Å². The number of hydrogen-bond donors (Lipinski definition) is 1. The van der Waals surface area contributed by atoms with Crippen molar-refractivity contribution in [2.45, 2.75) is 41.4 Å². The maximum Gasteiger partial charge on any atom is 0.251 e. The van der Waals surface area contributed by atoms with Gasteiger partial charge in [-0.25, -0.2) is 0 Å². The molecule has 5 atom stereocenters. The Bertz CT molecular complexity index is 751. The number of anilines is 1. The van der Waals surface area contributed by atoms with Crippen molar-refractivity contribution in [3.63, 3.8) is 0 Å². The van der Waals surface area contributed by atoms with E-state index in [1.165, 1.54) is 4.90 Å². The summed E-state index contributed by atoms with van der Waals surface area (Å²) in [5, 5.41) is 2.88. The minimum Gasteiger partial charge on any atom is -0.376 e. The first-order valence-electron chi connectivity index (χ1n) is 9.61. The number of halogens is 2. The molecule has 2 saturated heterocycles. The third kappa shape index (κ3) is 3.78. The highest BCUT2D eigenvalue weighted by atomic mass is 79.9. The number of nitrogens with one attached hydrogen (secondary N) is 1. The van der Waals surface area contributed by atoms with Crippen molar-refractivity contribution in [2.24, 2.45) is 11.8 Å². The van der Waals surface area contributed by atoms with Crippen molar-refractivity contribution in [1.29, 1.82) is 0 Å². The molecule has 0 spiro atoms. The van der Waals surface area contributed by atoms with E-state index in [0.717, 1.165) is 19.4 Å². The van der Waals surface area contributed by atoms with Crippen LogP contribution in [0.4, 0.5) is 5.69 Å². The van der Waals surface area contributed by atoms with Gasteiger partial charge in [0.05, 0.1) is 23.6 Å². The molecule has 1 N–H and O–H groups in total. The molecule has 1 saturated carbocycles. The van der Waals surface area contributed by atoms with Crippen LogP contribution < -0.4 is 10.2 Å². The van der Waals surface area contributed by atoms with Crippen LogP contribution >= 0.6 is 31.9 Å². The van der Waals surface area contributed by atoms with Gasteiger partial charge in [-0.3, -0.25) is 19.3 Å². The van der Waals surface area contributed by atoms with Crippen LogP contribution in [0.15, 0.2) is 24.3 Å². The molecule has 150 valence electrons. The fourth-order valence-electron chi connectivity index (χ4n) is 4.23. The molecule has 3 amide bonds. The van der Waals surface area contributed by atoms with Crippen molar-refractivity contribution < 1.29 is 19.1 Å². The fraction of sp³-hybridized carbons (Fsp3) is 0.550. The molecule has 2 heterocycles. The van der Waals surface area contributed by atoms with Crippen LogP contribution in [-0.4, -0.2) is 46.6 Å². The molecule has 3 fully saturated rings. The van der Waals surface area contributed by atoms with Gasteiger partial charge in [-0.15, -0.1) is 0 Å². The predicted molar refractivity (Wildman–Crippen MR) is 112 cm³/mol. The maximum absolute atomic E-state index is 12.8. The first-order chi connectivity index (χ1) is 13.5. The Morgan fingerprint density at radius 3 is 2.21 bits per heavy atom. The third-order valence-corrected chi connectivity index (χ3v) is 8.55. The Labute approximate surface area is 180 Å². The predicted octanol–water partition coefficient (Wildman–Crippen LogP) is 3.02. The van der Waals surface area contributed by atoms with Crippen LogP contribution in [0.2, 0.25) is 0 Å². The molecule has 1 aromatic carbocycles. The average molecular weight is 514 g/mol. The summed E-state index contributed by atoms with van der Waals surface area (Å²) in [5.74, 6) is -1.02. The van der Waals surface area contributed by atoms with Gasteiger partial charge in [-0.1, -0.05) is 31.9 Å². The van der Waals surface area contributed by atoms with E-state index < -0.39 is 0 Å². The number of carbonyl (C=O) groups is 3. The Morgan fingerprint density at radius 1 is 1.07 bits per heavy atom. The Hall–Kier alpha value is -1.25. The molecule has 28 heavy (non-hydrogen) atoms. The van der Waals surface area contributed by atoms with E-state index in [-0.39, 0.29) is 45.3 Å². The zero-order valence-corrected chi connectivity index (χ0v) is 18.4. The van der Waals surface area contributed by atoms with Crippen molar-refractivity contribution >= 4 is 55.3 Å². The van der Waals surface area contributed by atoms with Crippen molar-refractivity contribution in [3.05, 3.63) is 29.8 Å². The van der Waals surface area contributed by atoms with Crippen molar-refractivity contribution in [1.82, 2.24) is 5.32 Å². The Morgan fingerprint density at radius 2 is 1.68 bits per heavy atom. The number of hydrogen-bond acceptors (Lipinski definition) is 4. The summed E-state index contributed by atoms with van der Waals surface area (Å²) < 4.78 is 5.51. The van der Waals surface area contributed by atoms with Crippen molar-refractivity contribution in [3.8, 4) is 0 Å². The van der Waals surface area contributed by atoms with E-state index in [0.29, 0.717) is 30.6 Å². The molecule has 1 aliphatic carbocycles. The SMILES string of the molecule is O=C(NC[C@@H]1CCCO1)c1ccc(N2C(=O)[C@H]3C[C@@H](Br)[C@@H](Br)C[C@H]3C2=O)cc1. The van der Waals surface area contributed by atoms with E-state index in [4.69, 9.17) is 4.74 Å². The molecular weight excluding hydrogens is 492 g/mol. The van der Waals surface area contributed by atoms with Crippen LogP contribution in [-0.2, 0) is 14.3 Å². The number of fused-ring (bicyclic) bond motifs is 1. The van der Waals surface area contributed by atoms with Gasteiger partial charge in [-0.2, -0.15) is 0 Å². The molecule has 0 aromatic heterocycles. The second kappa shape index (κ2) is 8.24. The average Bonchev–Trinajstić information content (AvgIpc) is 3.29. The van der Waals surface area contributed by atoms with Gasteiger partial charge in [-0.05, 0) is 49.9 Å². The molecule has 0 unspecified atom stereocenters. The van der Waals surface area contributed by atoms with Gasteiger partial charge in [0.25, 0.3) is 5.91 Å². The number of carbonyl (C=O) groups excluding carboxylic acids is 3. The highest BCUT2D eigenvalue weighted by molar-refractivity contribution is 9.12. The molecule has 2 aliphatic heterocycles. The lowest BCUT2D eigenvalue weighted by Crippen LogP contribution is -2.34. The lowest BCUT2D eigenvalue weighted by molar-refractivity contribution is -0.122. The van der Waals surface area contributed by atoms with E-state index in [2.05, 4.69) is 37.2 Å². The number of rotatable bonds is 4. The summed E-state index contributed by atoms with van der Waals surface area (Å²) in [6.45, 7) is 1.25. The Balaban J connectivity index is 1.44. The summed E-state index contributed by atoms with van der Waals surface area (Å²) in [4.78, 5) is 39.7. The number of amides is 3. The molecule has 6 nitrogen and oxygen atoms in total. The van der Waals surface area contributed by atoms with Gasteiger partial charge in [0.15, 0.2) is 0 Å². The van der Waals surface area contributed by atoms with Crippen LogP contribution in [0, 0.1) is 11.8 Å². The largest absolute Gasteiger partial charge is 0.376 e. The lowest BCUT2D eigenvalue weighted by Gasteiger charge is -2.29. The quantitative estimate of drug-likeness (QED) is 0.496. The smallest absolute Gasteiger partial charge is 0.251 e. The van der Waals surface area contributed by atoms with Crippen LogP contribution in [0.3, 0.4) is 0 Å². The van der Waals surface area contributed by atoms with Gasteiger partial charge in [0.1, 0.15) is 0 Å². The first kappa shape index (κ1) is 20.0. The summed E-state index contributed by atoms with van der Waals surface area (Å²) >= 11 is 7.19. The molecule has 4 rings (SSSR count). The minimum atomic E-state index is -0.278. The van der Waals surface area contributed by atoms with E-state index in [1.54, 1.807) is 24.3 Å². The number of alkyl halides is 2. The summed E-state index contributed by atoms with van der Waals surface area (Å²) in [5.41, 5.74) is 1.02. The van der Waals surface area contributed by atoms with Gasteiger partial charge in [0, 0.05) is 28.4 Å². The highest BCUT2D eigenvalue weighted by Gasteiger charge is 2.52. The van der Waals surface area contributed by atoms with Gasteiger partial charge >= 0.3 is 0 Å². The zero-order valence-electron chi connectivity index (χ0n) is 15.3. The third-order valence-electron chi connectivity index (χ3n) is 5.81. The standard InChI is InChI=1S/C20H22Br2N2O4/c21-16-8-14-15(9-17(16)22)20(27)24(19(14)26)12-5-3-11(4-6-12)18(25)23-10-13-2-1-7-28-13/h3-6,13-17H,1-2,7-10H2,(H,23,25)/t13-,14-,15+,16+,17-/m0/s1. The molecule has 3 aliphatic rings. The van der Waals surface area contributed by atoms with E-state index in [9.17, 15) is 14.4 Å². The fourth-order valence-corrected chi connectivity index (χ4v) is 5.46. The normalized spacial score (nSPS) is 32.5. The summed E-state index contributed by atoms with van der Waals surface area (Å²) in [6.07, 6.45) is 3.37. The second-order valence-electron chi connectivity index (χ2n) is 7.62. The molecule has 8 heteroatoms.